The summed E-state index contributed by atoms with van der Waals surface area (Å²) in [6.45, 7) is 1.78. The molecule has 1 aliphatic rings. The highest BCUT2D eigenvalue weighted by Crippen LogP contribution is 2.41. The van der Waals surface area contributed by atoms with Crippen LogP contribution >= 0.6 is 11.3 Å². The second kappa shape index (κ2) is 11.1. The third-order valence-electron chi connectivity index (χ3n) is 6.67. The molecule has 38 heavy (non-hydrogen) atoms. The standard InChI is InChI=1S/C28H28N4O5S/c1-36-23-13-14-24(37-2)26-25(23)29-28(38-26)31(18-19-9-5-3-6-10-19)27(33)20-11-12-21(22(17-20)32(34)35)30-15-7-4-8-16-30/h3,5-6,9-14,17H,4,7-8,15-16,18H2,1-2H3. The lowest BCUT2D eigenvalue weighted by Gasteiger charge is -2.28. The average Bonchev–Trinajstić information content (AvgIpc) is 3.41. The molecule has 1 aliphatic heterocycles. The van der Waals surface area contributed by atoms with Crippen molar-refractivity contribution in [2.75, 3.05) is 37.1 Å². The number of fused-ring (bicyclic) bond motifs is 1. The number of thiazole rings is 1. The van der Waals surface area contributed by atoms with Crippen LogP contribution in [0.3, 0.4) is 0 Å². The molecule has 5 rings (SSSR count). The zero-order chi connectivity index (χ0) is 26.6. The highest BCUT2D eigenvalue weighted by Gasteiger charge is 2.28. The number of ether oxygens (including phenoxy) is 2. The minimum atomic E-state index is -0.407. The van der Waals surface area contributed by atoms with Gasteiger partial charge in [0.1, 0.15) is 27.4 Å². The Balaban J connectivity index is 1.59. The van der Waals surface area contributed by atoms with E-state index in [4.69, 9.17) is 14.5 Å². The van der Waals surface area contributed by atoms with E-state index in [2.05, 4.69) is 0 Å². The summed E-state index contributed by atoms with van der Waals surface area (Å²) in [5.74, 6) is 0.814. The summed E-state index contributed by atoms with van der Waals surface area (Å²) in [6.07, 6.45) is 3.10. The van der Waals surface area contributed by atoms with Crippen LogP contribution in [-0.4, -0.2) is 43.1 Å². The van der Waals surface area contributed by atoms with E-state index in [0.717, 1.165) is 42.6 Å². The maximum Gasteiger partial charge on any atom is 0.293 e. The van der Waals surface area contributed by atoms with Crippen molar-refractivity contribution < 1.29 is 19.2 Å². The van der Waals surface area contributed by atoms with Crippen molar-refractivity contribution in [1.82, 2.24) is 4.98 Å². The third kappa shape index (κ3) is 4.99. The number of nitro groups is 1. The topological polar surface area (TPSA) is 98.0 Å². The van der Waals surface area contributed by atoms with Crippen LogP contribution in [0.1, 0.15) is 35.2 Å². The van der Waals surface area contributed by atoms with Crippen LogP contribution in [0.5, 0.6) is 11.5 Å². The highest BCUT2D eigenvalue weighted by molar-refractivity contribution is 7.22. The summed E-state index contributed by atoms with van der Waals surface area (Å²) in [4.78, 5) is 34.0. The van der Waals surface area contributed by atoms with E-state index in [1.807, 2.05) is 35.2 Å². The summed E-state index contributed by atoms with van der Waals surface area (Å²) >= 11 is 1.31. The van der Waals surface area contributed by atoms with Crippen LogP contribution in [0.25, 0.3) is 10.2 Å². The van der Waals surface area contributed by atoms with Crippen LogP contribution < -0.4 is 19.3 Å². The van der Waals surface area contributed by atoms with Crippen LogP contribution in [0.2, 0.25) is 0 Å². The van der Waals surface area contributed by atoms with Crippen molar-refractivity contribution in [2.45, 2.75) is 25.8 Å². The van der Waals surface area contributed by atoms with Crippen molar-refractivity contribution >= 4 is 44.0 Å². The van der Waals surface area contributed by atoms with Gasteiger partial charge >= 0.3 is 0 Å². The Kier molecular flexibility index (Phi) is 7.41. The molecule has 2 heterocycles. The number of nitrogens with zero attached hydrogens (tertiary/aromatic N) is 4. The lowest BCUT2D eigenvalue weighted by molar-refractivity contribution is -0.384. The molecule has 0 unspecified atom stereocenters. The number of piperidine rings is 1. The normalized spacial score (nSPS) is 13.4. The van der Waals surface area contributed by atoms with E-state index in [0.29, 0.717) is 27.8 Å². The fourth-order valence-electron chi connectivity index (χ4n) is 4.74. The minimum absolute atomic E-state index is 0.0648. The number of amides is 1. The quantitative estimate of drug-likeness (QED) is 0.201. The molecule has 1 amide bonds. The van der Waals surface area contributed by atoms with Crippen LogP contribution in [0.15, 0.2) is 60.7 Å². The summed E-state index contributed by atoms with van der Waals surface area (Å²) in [5, 5.41) is 12.5. The number of carbonyl (C=O) groups excluding carboxylic acids is 1. The van der Waals surface area contributed by atoms with Gasteiger partial charge in [0.05, 0.1) is 25.7 Å². The molecular formula is C28H28N4O5S. The molecule has 0 radical (unpaired) electrons. The van der Waals surface area contributed by atoms with E-state index >= 15 is 0 Å². The summed E-state index contributed by atoms with van der Waals surface area (Å²) < 4.78 is 11.8. The number of nitro benzene ring substituents is 1. The highest BCUT2D eigenvalue weighted by atomic mass is 32.1. The summed E-state index contributed by atoms with van der Waals surface area (Å²) in [5.41, 5.74) is 2.20. The number of hydrogen-bond donors (Lipinski definition) is 0. The SMILES string of the molecule is COc1ccc(OC)c2sc(N(Cc3ccccc3)C(=O)c3ccc(N4CCCCC4)c([N+](=O)[O-])c3)nc12. The number of carbonyl (C=O) groups is 1. The van der Waals surface area contributed by atoms with E-state index in [-0.39, 0.29) is 23.7 Å². The lowest BCUT2D eigenvalue weighted by Crippen LogP contribution is -2.31. The Morgan fingerprint density at radius 1 is 1.03 bits per heavy atom. The summed E-state index contributed by atoms with van der Waals surface area (Å²) in [6, 6.07) is 17.9. The van der Waals surface area contributed by atoms with Gasteiger partial charge in [-0.15, -0.1) is 0 Å². The van der Waals surface area contributed by atoms with Gasteiger partial charge in [-0.25, -0.2) is 4.98 Å². The maximum atomic E-state index is 14.0. The first-order chi connectivity index (χ1) is 18.5. The van der Waals surface area contributed by atoms with Gasteiger partial charge in [0, 0.05) is 24.7 Å². The number of methoxy groups -OCH3 is 2. The Morgan fingerprint density at radius 2 is 1.74 bits per heavy atom. The molecule has 0 bridgehead atoms. The Hall–Kier alpha value is -4.18. The van der Waals surface area contributed by atoms with Crippen LogP contribution in [0, 0.1) is 10.1 Å². The second-order valence-corrected chi connectivity index (χ2v) is 10.0. The van der Waals surface area contributed by atoms with E-state index < -0.39 is 4.92 Å². The fraction of sp³-hybridized carbons (Fsp3) is 0.286. The zero-order valence-corrected chi connectivity index (χ0v) is 22.1. The monoisotopic (exact) mass is 532 g/mol. The first-order valence-corrected chi connectivity index (χ1v) is 13.2. The largest absolute Gasteiger partial charge is 0.495 e. The van der Waals surface area contributed by atoms with Gasteiger partial charge in [-0.05, 0) is 49.1 Å². The van der Waals surface area contributed by atoms with Gasteiger partial charge in [-0.1, -0.05) is 41.7 Å². The Labute approximate surface area is 224 Å². The maximum absolute atomic E-state index is 14.0. The molecular weight excluding hydrogens is 504 g/mol. The van der Waals surface area contributed by atoms with Gasteiger partial charge < -0.3 is 14.4 Å². The molecule has 0 saturated carbocycles. The Bertz CT molecular complexity index is 1430. The van der Waals surface area contributed by atoms with Crippen molar-refractivity contribution in [3.63, 3.8) is 0 Å². The van der Waals surface area contributed by atoms with Crippen LogP contribution in [-0.2, 0) is 6.54 Å². The van der Waals surface area contributed by atoms with E-state index in [9.17, 15) is 14.9 Å². The minimum Gasteiger partial charge on any atom is -0.495 e. The molecule has 10 heteroatoms. The van der Waals surface area contributed by atoms with Crippen molar-refractivity contribution in [3.8, 4) is 11.5 Å². The molecule has 0 N–H and O–H groups in total. The predicted molar refractivity (Wildman–Crippen MR) is 149 cm³/mol. The van der Waals surface area contributed by atoms with E-state index in [1.165, 1.54) is 17.4 Å². The molecule has 9 nitrogen and oxygen atoms in total. The third-order valence-corrected chi connectivity index (χ3v) is 7.77. The molecule has 196 valence electrons. The number of rotatable bonds is 8. The van der Waals surface area contributed by atoms with E-state index in [1.54, 1.807) is 43.4 Å². The van der Waals surface area contributed by atoms with Gasteiger partial charge in [0.15, 0.2) is 5.13 Å². The molecule has 0 atom stereocenters. The fourth-order valence-corrected chi connectivity index (χ4v) is 5.81. The molecule has 4 aromatic rings. The number of benzene rings is 3. The lowest BCUT2D eigenvalue weighted by atomic mass is 10.1. The zero-order valence-electron chi connectivity index (χ0n) is 21.3. The van der Waals surface area contributed by atoms with Gasteiger partial charge in [-0.2, -0.15) is 0 Å². The predicted octanol–water partition coefficient (Wildman–Crippen LogP) is 6.06. The van der Waals surface area contributed by atoms with Crippen molar-refractivity contribution in [1.29, 1.82) is 0 Å². The van der Waals surface area contributed by atoms with Gasteiger partial charge in [0.25, 0.3) is 11.6 Å². The smallest absolute Gasteiger partial charge is 0.293 e. The number of anilines is 2. The van der Waals surface area contributed by atoms with Crippen molar-refractivity contribution in [2.24, 2.45) is 0 Å². The molecule has 3 aromatic carbocycles. The number of hydrogen-bond acceptors (Lipinski definition) is 8. The first kappa shape index (κ1) is 25.5. The van der Waals surface area contributed by atoms with Gasteiger partial charge in [0.2, 0.25) is 0 Å². The van der Waals surface area contributed by atoms with Crippen LogP contribution in [0.4, 0.5) is 16.5 Å². The molecule has 1 aromatic heterocycles. The second-order valence-electron chi connectivity index (χ2n) is 9.03. The van der Waals surface area contributed by atoms with Gasteiger partial charge in [-0.3, -0.25) is 19.8 Å². The molecule has 1 fully saturated rings. The number of aromatic nitrogens is 1. The Morgan fingerprint density at radius 3 is 2.42 bits per heavy atom. The average molecular weight is 533 g/mol. The molecule has 0 aliphatic carbocycles. The molecule has 0 spiro atoms. The van der Waals surface area contributed by atoms with Crippen molar-refractivity contribution in [3.05, 3.63) is 81.9 Å². The molecule has 1 saturated heterocycles. The summed E-state index contributed by atoms with van der Waals surface area (Å²) in [7, 11) is 3.15. The first-order valence-electron chi connectivity index (χ1n) is 12.4.